The van der Waals surface area contributed by atoms with Crippen LogP contribution >= 0.6 is 11.6 Å². The summed E-state index contributed by atoms with van der Waals surface area (Å²) >= 11 is 5.99. The van der Waals surface area contributed by atoms with E-state index in [0.717, 1.165) is 18.8 Å². The van der Waals surface area contributed by atoms with Crippen LogP contribution in [0.4, 0.5) is 10.2 Å². The summed E-state index contributed by atoms with van der Waals surface area (Å²) in [6.45, 7) is 5.00. The second-order valence-corrected chi connectivity index (χ2v) is 9.92. The second kappa shape index (κ2) is 10.2. The van der Waals surface area contributed by atoms with Crippen LogP contribution < -0.4 is 10.5 Å². The third-order valence-corrected chi connectivity index (χ3v) is 6.85. The van der Waals surface area contributed by atoms with E-state index in [9.17, 15) is 4.79 Å². The number of halogens is 2. The highest BCUT2D eigenvalue weighted by molar-refractivity contribution is 6.30. The van der Waals surface area contributed by atoms with E-state index in [1.807, 2.05) is 31.0 Å². The molecule has 9 nitrogen and oxygen atoms in total. The number of fused-ring (bicyclic) bond motifs is 1. The van der Waals surface area contributed by atoms with E-state index in [1.165, 1.54) is 10.6 Å². The maximum atomic E-state index is 15.0. The van der Waals surface area contributed by atoms with Crippen molar-refractivity contribution in [3.63, 3.8) is 0 Å². The molecule has 194 valence electrons. The van der Waals surface area contributed by atoms with E-state index < -0.39 is 5.82 Å². The first-order valence-electron chi connectivity index (χ1n) is 12.1. The van der Waals surface area contributed by atoms with E-state index in [2.05, 4.69) is 14.8 Å². The summed E-state index contributed by atoms with van der Waals surface area (Å²) in [4.78, 5) is 26.8. The normalized spacial score (nSPS) is 16.2. The van der Waals surface area contributed by atoms with E-state index in [-0.39, 0.29) is 33.3 Å². The largest absolute Gasteiger partial charge is 0.368 e. The summed E-state index contributed by atoms with van der Waals surface area (Å²) < 4.78 is 24.4. The number of aryl methyl sites for hydroxylation is 1. The molecule has 11 heteroatoms. The van der Waals surface area contributed by atoms with Crippen LogP contribution in [-0.2, 0) is 18.3 Å². The Morgan fingerprint density at radius 2 is 2.03 bits per heavy atom. The zero-order chi connectivity index (χ0) is 26.3. The molecule has 0 unspecified atom stereocenters. The quantitative estimate of drug-likeness (QED) is 0.381. The SMILES string of the molecule is Cc1nc2cc(N3CCO[C@H](c4ccn(CCN(C)C)n4)C3)nc(-c3ccc(Cl)cc3F)c2c(=O)n1C. The fourth-order valence-corrected chi connectivity index (χ4v) is 4.59. The zero-order valence-electron chi connectivity index (χ0n) is 21.3. The predicted molar refractivity (Wildman–Crippen MR) is 142 cm³/mol. The number of morpholine rings is 1. The van der Waals surface area contributed by atoms with Gasteiger partial charge in [0.25, 0.3) is 5.56 Å². The second-order valence-electron chi connectivity index (χ2n) is 9.48. The smallest absolute Gasteiger partial charge is 0.263 e. The maximum absolute atomic E-state index is 15.0. The minimum atomic E-state index is -0.552. The van der Waals surface area contributed by atoms with Crippen LogP contribution in [0.3, 0.4) is 0 Å². The summed E-state index contributed by atoms with van der Waals surface area (Å²) in [6.07, 6.45) is 1.71. The van der Waals surface area contributed by atoms with Crippen LogP contribution in [0, 0.1) is 12.7 Å². The summed E-state index contributed by atoms with van der Waals surface area (Å²) in [5, 5.41) is 5.24. The Hall–Kier alpha value is -3.34. The van der Waals surface area contributed by atoms with Crippen molar-refractivity contribution in [3.8, 4) is 11.3 Å². The van der Waals surface area contributed by atoms with Crippen molar-refractivity contribution in [2.24, 2.45) is 7.05 Å². The number of aromatic nitrogens is 5. The molecule has 0 aliphatic carbocycles. The molecule has 37 heavy (non-hydrogen) atoms. The molecule has 0 N–H and O–H groups in total. The fraction of sp³-hybridized carbons (Fsp3) is 0.385. The van der Waals surface area contributed by atoms with Crippen molar-refractivity contribution in [2.75, 3.05) is 45.2 Å². The lowest BCUT2D eigenvalue weighted by Crippen LogP contribution is -2.39. The van der Waals surface area contributed by atoms with Gasteiger partial charge in [-0.1, -0.05) is 11.6 Å². The molecule has 0 spiro atoms. The number of rotatable bonds is 6. The molecule has 1 saturated heterocycles. The molecule has 1 aromatic carbocycles. The number of nitrogens with zero attached hydrogens (tertiary/aromatic N) is 7. The van der Waals surface area contributed by atoms with Crippen LogP contribution in [0.1, 0.15) is 17.6 Å². The van der Waals surface area contributed by atoms with Gasteiger partial charge in [-0.15, -0.1) is 0 Å². The summed E-state index contributed by atoms with van der Waals surface area (Å²) in [7, 11) is 5.70. The monoisotopic (exact) mass is 525 g/mol. The molecule has 1 atom stereocenters. The van der Waals surface area contributed by atoms with Crippen molar-refractivity contribution in [3.05, 3.63) is 69.2 Å². The van der Waals surface area contributed by atoms with Crippen molar-refractivity contribution in [1.29, 1.82) is 0 Å². The molecule has 4 heterocycles. The zero-order valence-corrected chi connectivity index (χ0v) is 22.0. The summed E-state index contributed by atoms with van der Waals surface area (Å²) in [5.74, 6) is 0.599. The molecule has 0 bridgehead atoms. The average Bonchev–Trinajstić information content (AvgIpc) is 3.35. The molecular weight excluding hydrogens is 497 g/mol. The molecule has 1 aliphatic heterocycles. The Morgan fingerprint density at radius 1 is 1.22 bits per heavy atom. The fourth-order valence-electron chi connectivity index (χ4n) is 4.43. The highest BCUT2D eigenvalue weighted by Gasteiger charge is 2.27. The Morgan fingerprint density at radius 3 is 2.78 bits per heavy atom. The van der Waals surface area contributed by atoms with E-state index in [0.29, 0.717) is 36.9 Å². The molecule has 1 aliphatic rings. The molecule has 0 saturated carbocycles. The average molecular weight is 526 g/mol. The van der Waals surface area contributed by atoms with Crippen LogP contribution in [0.2, 0.25) is 5.02 Å². The third kappa shape index (κ3) is 5.09. The highest BCUT2D eigenvalue weighted by Crippen LogP contribution is 2.32. The number of ether oxygens (including phenoxy) is 1. The first kappa shape index (κ1) is 25.3. The third-order valence-electron chi connectivity index (χ3n) is 6.62. The van der Waals surface area contributed by atoms with Crippen molar-refractivity contribution in [2.45, 2.75) is 19.6 Å². The van der Waals surface area contributed by atoms with Gasteiger partial charge < -0.3 is 14.5 Å². The minimum Gasteiger partial charge on any atom is -0.368 e. The van der Waals surface area contributed by atoms with Gasteiger partial charge in [-0.3, -0.25) is 14.0 Å². The number of benzene rings is 1. The Balaban J connectivity index is 1.54. The predicted octanol–water partition coefficient (Wildman–Crippen LogP) is 3.43. The number of anilines is 1. The number of hydrogen-bond acceptors (Lipinski definition) is 7. The van der Waals surface area contributed by atoms with Gasteiger partial charge in [0, 0.05) is 43.0 Å². The van der Waals surface area contributed by atoms with Gasteiger partial charge in [0.2, 0.25) is 0 Å². The minimum absolute atomic E-state index is 0.198. The van der Waals surface area contributed by atoms with Gasteiger partial charge in [-0.25, -0.2) is 14.4 Å². The highest BCUT2D eigenvalue weighted by atomic mass is 35.5. The van der Waals surface area contributed by atoms with Crippen molar-refractivity contribution in [1.82, 2.24) is 29.2 Å². The van der Waals surface area contributed by atoms with Crippen LogP contribution in [0.15, 0.2) is 41.3 Å². The number of hydrogen-bond donors (Lipinski definition) is 0. The van der Waals surface area contributed by atoms with Crippen molar-refractivity contribution >= 4 is 28.3 Å². The first-order valence-corrected chi connectivity index (χ1v) is 12.5. The van der Waals surface area contributed by atoms with Gasteiger partial charge >= 0.3 is 0 Å². The first-order chi connectivity index (χ1) is 17.7. The number of likely N-dealkylation sites (N-methyl/N-ethyl adjacent to an activating group) is 1. The molecule has 1 fully saturated rings. The van der Waals surface area contributed by atoms with Gasteiger partial charge in [0.15, 0.2) is 0 Å². The molecule has 0 amide bonds. The standard InChI is InChI=1S/C26H29ClFN7O2/c1-16-29-21-14-23(30-25(24(21)26(36)33(16)4)18-6-5-17(27)13-19(18)28)34-11-12-37-22(15-34)20-7-8-35(31-20)10-9-32(2)3/h5-8,13-14,22H,9-12,15H2,1-4H3/t22-/m0/s1. The van der Waals surface area contributed by atoms with Gasteiger partial charge in [-0.2, -0.15) is 5.10 Å². The maximum Gasteiger partial charge on any atom is 0.263 e. The van der Waals surface area contributed by atoms with Crippen LogP contribution in [-0.4, -0.2) is 69.6 Å². The topological polar surface area (TPSA) is 81.3 Å². The Kier molecular flexibility index (Phi) is 6.98. The van der Waals surface area contributed by atoms with Gasteiger partial charge in [0.05, 0.1) is 42.0 Å². The molecule has 3 aromatic heterocycles. The Labute approximate surface area is 219 Å². The van der Waals surface area contributed by atoms with E-state index in [4.69, 9.17) is 26.4 Å². The molecule has 0 radical (unpaired) electrons. The van der Waals surface area contributed by atoms with Crippen LogP contribution in [0.25, 0.3) is 22.2 Å². The van der Waals surface area contributed by atoms with E-state index >= 15 is 4.39 Å². The summed E-state index contributed by atoms with van der Waals surface area (Å²) in [6, 6.07) is 8.12. The molecular formula is C26H29ClFN7O2. The number of pyridine rings is 1. The van der Waals surface area contributed by atoms with Gasteiger partial charge in [-0.05, 0) is 45.3 Å². The van der Waals surface area contributed by atoms with Gasteiger partial charge in [0.1, 0.15) is 23.6 Å². The van der Waals surface area contributed by atoms with Crippen molar-refractivity contribution < 1.29 is 9.13 Å². The lowest BCUT2D eigenvalue weighted by Gasteiger charge is -2.33. The summed E-state index contributed by atoms with van der Waals surface area (Å²) in [5.41, 5.74) is 1.46. The van der Waals surface area contributed by atoms with E-state index in [1.54, 1.807) is 32.2 Å². The molecule has 5 rings (SSSR count). The lowest BCUT2D eigenvalue weighted by atomic mass is 10.1. The molecule has 4 aromatic rings. The van der Waals surface area contributed by atoms with Crippen LogP contribution in [0.5, 0.6) is 0 Å². The lowest BCUT2D eigenvalue weighted by molar-refractivity contribution is 0.0363. The Bertz CT molecular complexity index is 1520.